The Morgan fingerprint density at radius 3 is 2.33 bits per heavy atom. The Labute approximate surface area is 158 Å². The second-order valence-electron chi connectivity index (χ2n) is 6.71. The Hall–Kier alpha value is -2.27. The number of rotatable bonds is 6. The molecule has 144 valence electrons. The molecule has 3 rings (SSSR count). The maximum absolute atomic E-state index is 12.9. The predicted molar refractivity (Wildman–Crippen MR) is 102 cm³/mol. The van der Waals surface area contributed by atoms with Gasteiger partial charge in [-0.3, -0.25) is 4.90 Å². The third kappa shape index (κ3) is 4.35. The van der Waals surface area contributed by atoms with Crippen LogP contribution in [0.3, 0.4) is 0 Å². The van der Waals surface area contributed by atoms with E-state index in [1.165, 1.54) is 0 Å². The third-order valence-corrected chi connectivity index (χ3v) is 4.81. The number of hydrogen-bond donors (Lipinski definition) is 0. The summed E-state index contributed by atoms with van der Waals surface area (Å²) in [6.45, 7) is 7.34. The standard InChI is InChI=1S/C22H24F3NO/c1-3-13-26(4-2)14-17-15-27-20-8-6-5-7-19(20)21(17)16-9-11-18(12-10-16)22(23,24)25/h5-12H,3-4,13-15H2,1-2H3. The Balaban J connectivity index is 2.06. The van der Waals surface area contributed by atoms with Crippen molar-refractivity contribution in [2.45, 2.75) is 26.4 Å². The summed E-state index contributed by atoms with van der Waals surface area (Å²) in [5.41, 5.74) is 3.19. The van der Waals surface area contributed by atoms with Crippen LogP contribution in [-0.4, -0.2) is 31.1 Å². The fourth-order valence-electron chi connectivity index (χ4n) is 3.47. The second kappa shape index (κ2) is 8.17. The van der Waals surface area contributed by atoms with Gasteiger partial charge in [-0.25, -0.2) is 0 Å². The Kier molecular flexibility index (Phi) is 5.90. The van der Waals surface area contributed by atoms with E-state index in [1.54, 1.807) is 12.1 Å². The molecule has 0 bridgehead atoms. The first-order valence-electron chi connectivity index (χ1n) is 9.28. The molecule has 0 aliphatic carbocycles. The van der Waals surface area contributed by atoms with Crippen molar-refractivity contribution in [2.75, 3.05) is 26.2 Å². The van der Waals surface area contributed by atoms with Crippen molar-refractivity contribution >= 4 is 5.57 Å². The minimum Gasteiger partial charge on any atom is -0.489 e. The lowest BCUT2D eigenvalue weighted by Crippen LogP contribution is -2.30. The summed E-state index contributed by atoms with van der Waals surface area (Å²) in [7, 11) is 0. The van der Waals surface area contributed by atoms with Gasteiger partial charge in [0.2, 0.25) is 0 Å². The highest BCUT2D eigenvalue weighted by Gasteiger charge is 2.30. The summed E-state index contributed by atoms with van der Waals surface area (Å²) in [5.74, 6) is 0.773. The molecule has 1 aliphatic heterocycles. The van der Waals surface area contributed by atoms with Gasteiger partial charge >= 0.3 is 6.18 Å². The van der Waals surface area contributed by atoms with Crippen molar-refractivity contribution in [3.63, 3.8) is 0 Å². The lowest BCUT2D eigenvalue weighted by Gasteiger charge is -2.28. The summed E-state index contributed by atoms with van der Waals surface area (Å²) >= 11 is 0. The summed E-state index contributed by atoms with van der Waals surface area (Å²) < 4.78 is 44.7. The molecule has 27 heavy (non-hydrogen) atoms. The molecule has 0 saturated carbocycles. The molecule has 0 spiro atoms. The summed E-state index contributed by atoms with van der Waals surface area (Å²) in [6, 6.07) is 13.1. The topological polar surface area (TPSA) is 12.5 Å². The highest BCUT2D eigenvalue weighted by Crippen LogP contribution is 2.38. The SMILES string of the molecule is CCCN(CC)CC1=C(c2ccc(C(F)(F)F)cc2)c2ccccc2OC1. The van der Waals surface area contributed by atoms with Crippen molar-refractivity contribution in [1.29, 1.82) is 0 Å². The molecule has 2 nitrogen and oxygen atoms in total. The van der Waals surface area contributed by atoms with Gasteiger partial charge in [-0.15, -0.1) is 0 Å². The van der Waals surface area contributed by atoms with Gasteiger partial charge in [0.05, 0.1) is 5.56 Å². The monoisotopic (exact) mass is 375 g/mol. The highest BCUT2D eigenvalue weighted by atomic mass is 19.4. The molecule has 2 aromatic rings. The maximum Gasteiger partial charge on any atom is 0.416 e. The van der Waals surface area contributed by atoms with E-state index in [0.717, 1.165) is 66.2 Å². The van der Waals surface area contributed by atoms with Crippen LogP contribution >= 0.6 is 0 Å². The summed E-state index contributed by atoms with van der Waals surface area (Å²) in [5, 5.41) is 0. The van der Waals surface area contributed by atoms with Crippen LogP contribution in [-0.2, 0) is 6.18 Å². The molecule has 0 unspecified atom stereocenters. The van der Waals surface area contributed by atoms with Gasteiger partial charge in [0.15, 0.2) is 0 Å². The normalized spacial score (nSPS) is 14.3. The predicted octanol–water partition coefficient (Wildman–Crippen LogP) is 5.63. The molecule has 0 saturated heterocycles. The van der Waals surface area contributed by atoms with E-state index in [9.17, 15) is 13.2 Å². The number of fused-ring (bicyclic) bond motifs is 1. The van der Waals surface area contributed by atoms with E-state index in [0.29, 0.717) is 6.61 Å². The van der Waals surface area contributed by atoms with E-state index >= 15 is 0 Å². The van der Waals surface area contributed by atoms with Crippen LogP contribution < -0.4 is 4.74 Å². The first-order valence-corrected chi connectivity index (χ1v) is 9.28. The number of likely N-dealkylation sites (N-methyl/N-ethyl adjacent to an activating group) is 1. The van der Waals surface area contributed by atoms with Crippen LogP contribution in [0.25, 0.3) is 5.57 Å². The molecule has 0 atom stereocenters. The number of nitrogens with zero attached hydrogens (tertiary/aromatic N) is 1. The van der Waals surface area contributed by atoms with Gasteiger partial charge < -0.3 is 4.74 Å². The maximum atomic E-state index is 12.9. The van der Waals surface area contributed by atoms with Crippen LogP contribution in [0.1, 0.15) is 37.0 Å². The number of hydrogen-bond acceptors (Lipinski definition) is 2. The molecule has 0 fully saturated rings. The van der Waals surface area contributed by atoms with Crippen LogP contribution in [0, 0.1) is 0 Å². The first-order chi connectivity index (χ1) is 12.9. The number of para-hydroxylation sites is 1. The highest BCUT2D eigenvalue weighted by molar-refractivity contribution is 5.86. The average Bonchev–Trinajstić information content (AvgIpc) is 2.67. The first kappa shape index (κ1) is 19.5. The molecule has 5 heteroatoms. The smallest absolute Gasteiger partial charge is 0.416 e. The fraction of sp³-hybridized carbons (Fsp3) is 0.364. The van der Waals surface area contributed by atoms with E-state index < -0.39 is 11.7 Å². The Bertz CT molecular complexity index is 809. The number of ether oxygens (including phenoxy) is 1. The van der Waals surface area contributed by atoms with Crippen LogP contribution in [0.15, 0.2) is 54.1 Å². The second-order valence-corrected chi connectivity index (χ2v) is 6.71. The van der Waals surface area contributed by atoms with Crippen LogP contribution in [0.2, 0.25) is 0 Å². The molecule has 2 aromatic carbocycles. The zero-order valence-corrected chi connectivity index (χ0v) is 15.6. The minimum absolute atomic E-state index is 0.452. The van der Waals surface area contributed by atoms with Gasteiger partial charge in [-0.05, 0) is 54.4 Å². The van der Waals surface area contributed by atoms with Crippen molar-refractivity contribution in [3.8, 4) is 5.75 Å². The van der Waals surface area contributed by atoms with E-state index in [1.807, 2.05) is 24.3 Å². The van der Waals surface area contributed by atoms with Crippen molar-refractivity contribution < 1.29 is 17.9 Å². The molecule has 1 aliphatic rings. The molecule has 1 heterocycles. The van der Waals surface area contributed by atoms with Crippen molar-refractivity contribution in [2.24, 2.45) is 0 Å². The van der Waals surface area contributed by atoms with Gasteiger partial charge in [0.1, 0.15) is 12.4 Å². The summed E-state index contributed by atoms with van der Waals surface area (Å²) in [4.78, 5) is 2.33. The molecule has 0 amide bonds. The lowest BCUT2D eigenvalue weighted by atomic mass is 9.90. The minimum atomic E-state index is -4.33. The molecule has 0 aromatic heterocycles. The zero-order chi connectivity index (χ0) is 19.4. The number of alkyl halides is 3. The molecule has 0 N–H and O–H groups in total. The van der Waals surface area contributed by atoms with E-state index in [4.69, 9.17) is 4.74 Å². The van der Waals surface area contributed by atoms with Gasteiger partial charge in [0.25, 0.3) is 0 Å². The zero-order valence-electron chi connectivity index (χ0n) is 15.6. The molecular formula is C22H24F3NO. The third-order valence-electron chi connectivity index (χ3n) is 4.81. The van der Waals surface area contributed by atoms with Crippen LogP contribution in [0.5, 0.6) is 5.75 Å². The van der Waals surface area contributed by atoms with Crippen molar-refractivity contribution in [1.82, 2.24) is 4.90 Å². The lowest BCUT2D eigenvalue weighted by molar-refractivity contribution is -0.137. The fourth-order valence-corrected chi connectivity index (χ4v) is 3.47. The van der Waals surface area contributed by atoms with Gasteiger partial charge in [0, 0.05) is 12.1 Å². The molecular weight excluding hydrogens is 351 g/mol. The number of benzene rings is 2. The Morgan fingerprint density at radius 2 is 1.70 bits per heavy atom. The average molecular weight is 375 g/mol. The molecule has 0 radical (unpaired) electrons. The van der Waals surface area contributed by atoms with Gasteiger partial charge in [-0.2, -0.15) is 13.2 Å². The quantitative estimate of drug-likeness (QED) is 0.649. The summed E-state index contributed by atoms with van der Waals surface area (Å²) in [6.07, 6.45) is -3.28. The van der Waals surface area contributed by atoms with Crippen molar-refractivity contribution in [3.05, 3.63) is 70.8 Å². The number of halogens is 3. The Morgan fingerprint density at radius 1 is 1.00 bits per heavy atom. The largest absolute Gasteiger partial charge is 0.489 e. The van der Waals surface area contributed by atoms with E-state index in [-0.39, 0.29) is 0 Å². The van der Waals surface area contributed by atoms with Crippen LogP contribution in [0.4, 0.5) is 13.2 Å². The van der Waals surface area contributed by atoms with Gasteiger partial charge in [-0.1, -0.05) is 44.2 Å². The van der Waals surface area contributed by atoms with E-state index in [2.05, 4.69) is 18.7 Å².